The van der Waals surface area contributed by atoms with E-state index in [4.69, 9.17) is 4.74 Å². The van der Waals surface area contributed by atoms with Crippen molar-refractivity contribution in [2.75, 3.05) is 32.8 Å². The first-order valence-corrected chi connectivity index (χ1v) is 12.9. The monoisotopic (exact) mass is 446 g/mol. The van der Waals surface area contributed by atoms with Crippen LogP contribution in [0.25, 0.3) is 0 Å². The van der Waals surface area contributed by atoms with E-state index < -0.39 is 20.9 Å². The van der Waals surface area contributed by atoms with E-state index in [1.165, 1.54) is 0 Å². The van der Waals surface area contributed by atoms with Crippen molar-refractivity contribution >= 4 is 10.0 Å². The van der Waals surface area contributed by atoms with Crippen molar-refractivity contribution in [3.63, 3.8) is 0 Å². The van der Waals surface area contributed by atoms with Crippen molar-refractivity contribution in [2.24, 2.45) is 11.8 Å². The van der Waals surface area contributed by atoms with Crippen LogP contribution in [0.1, 0.15) is 39.0 Å². The van der Waals surface area contributed by atoms with Crippen LogP contribution in [-0.2, 0) is 14.8 Å². The summed E-state index contributed by atoms with van der Waals surface area (Å²) in [4.78, 5) is 0. The standard InChI is InChI=1S/C19H35FN6O3S/c1-12-18-15(24-23-12)3-2-4-16(18)25-30(27,28)14-8-22-26(9-14)17-7-13(5-6-21-17)19(20)10-29-11-19/h12-18,21-25H,2-11H2,1H3. The Kier molecular flexibility index (Phi) is 5.85. The van der Waals surface area contributed by atoms with Gasteiger partial charge in [-0.15, -0.1) is 0 Å². The molecule has 7 unspecified atom stereocenters. The van der Waals surface area contributed by atoms with Crippen LogP contribution in [-0.4, -0.2) is 81.5 Å². The van der Waals surface area contributed by atoms with Gasteiger partial charge in [-0.2, -0.15) is 0 Å². The number of alkyl halides is 1. The molecule has 0 aromatic rings. The number of hydrazine groups is 2. The van der Waals surface area contributed by atoms with Gasteiger partial charge in [0.05, 0.1) is 19.4 Å². The van der Waals surface area contributed by atoms with Crippen LogP contribution < -0.4 is 26.3 Å². The predicted molar refractivity (Wildman–Crippen MR) is 110 cm³/mol. The topological polar surface area (TPSA) is 107 Å². The summed E-state index contributed by atoms with van der Waals surface area (Å²) in [6.07, 6.45) is 4.37. The summed E-state index contributed by atoms with van der Waals surface area (Å²) in [7, 11) is -3.46. The Morgan fingerprint density at radius 1 is 1.20 bits per heavy atom. The second-order valence-corrected chi connectivity index (χ2v) is 11.8. The molecule has 5 N–H and O–H groups in total. The summed E-state index contributed by atoms with van der Waals surface area (Å²) < 4.78 is 49.3. The normalized spacial score (nSPS) is 44.5. The van der Waals surface area contributed by atoms with Crippen LogP contribution in [0.5, 0.6) is 0 Å². The first-order valence-electron chi connectivity index (χ1n) is 11.4. The third kappa shape index (κ3) is 3.92. The van der Waals surface area contributed by atoms with Gasteiger partial charge in [0.2, 0.25) is 10.0 Å². The molecule has 1 saturated carbocycles. The van der Waals surface area contributed by atoms with Crippen molar-refractivity contribution < 1.29 is 17.5 Å². The number of sulfonamides is 1. The Labute approximate surface area is 178 Å². The molecule has 4 aliphatic heterocycles. The van der Waals surface area contributed by atoms with Crippen LogP contribution in [0.3, 0.4) is 0 Å². The fourth-order valence-electron chi connectivity index (χ4n) is 6.02. The molecule has 4 heterocycles. The maximum Gasteiger partial charge on any atom is 0.217 e. The molecular formula is C19H35FN6O3S. The van der Waals surface area contributed by atoms with Gasteiger partial charge in [-0.25, -0.2) is 22.5 Å². The van der Waals surface area contributed by atoms with Gasteiger partial charge in [-0.1, -0.05) is 6.42 Å². The number of nitrogens with zero attached hydrogens (tertiary/aromatic N) is 1. The number of hydrogen-bond acceptors (Lipinski definition) is 8. The summed E-state index contributed by atoms with van der Waals surface area (Å²) in [5, 5.41) is 4.88. The Balaban J connectivity index is 1.19. The summed E-state index contributed by atoms with van der Waals surface area (Å²) in [6, 6.07) is 0.530. The second-order valence-electron chi connectivity index (χ2n) is 9.82. The number of rotatable bonds is 5. The quantitative estimate of drug-likeness (QED) is 0.374. The molecule has 172 valence electrons. The summed E-state index contributed by atoms with van der Waals surface area (Å²) in [5.41, 5.74) is 8.62. The molecule has 4 saturated heterocycles. The molecule has 7 atom stereocenters. The van der Waals surface area contributed by atoms with Crippen molar-refractivity contribution in [1.29, 1.82) is 0 Å². The minimum absolute atomic E-state index is 0.0394. The molecule has 30 heavy (non-hydrogen) atoms. The largest absolute Gasteiger partial charge is 0.375 e. The third-order valence-corrected chi connectivity index (χ3v) is 9.71. The van der Waals surface area contributed by atoms with Crippen LogP contribution >= 0.6 is 0 Å². The molecule has 5 aliphatic rings. The van der Waals surface area contributed by atoms with Crippen molar-refractivity contribution in [3.8, 4) is 0 Å². The molecule has 1 aliphatic carbocycles. The zero-order valence-corrected chi connectivity index (χ0v) is 18.4. The molecule has 0 aromatic carbocycles. The van der Waals surface area contributed by atoms with E-state index in [0.717, 1.165) is 32.2 Å². The minimum atomic E-state index is -3.46. The number of ether oxygens (including phenoxy) is 1. The highest BCUT2D eigenvalue weighted by Gasteiger charge is 2.49. The molecular weight excluding hydrogens is 411 g/mol. The zero-order chi connectivity index (χ0) is 20.9. The maximum atomic E-state index is 14.8. The average molecular weight is 447 g/mol. The van der Waals surface area contributed by atoms with Crippen LogP contribution in [0.4, 0.5) is 4.39 Å². The van der Waals surface area contributed by atoms with E-state index in [0.29, 0.717) is 25.6 Å². The minimum Gasteiger partial charge on any atom is -0.375 e. The summed E-state index contributed by atoms with van der Waals surface area (Å²) in [6.45, 7) is 4.00. The van der Waals surface area contributed by atoms with E-state index in [2.05, 4.69) is 33.2 Å². The lowest BCUT2D eigenvalue weighted by molar-refractivity contribution is -0.170. The Morgan fingerprint density at radius 2 is 2.03 bits per heavy atom. The first-order chi connectivity index (χ1) is 14.4. The number of fused-ring (bicyclic) bond motifs is 1. The van der Waals surface area contributed by atoms with Crippen molar-refractivity contribution in [1.82, 2.24) is 31.3 Å². The maximum absolute atomic E-state index is 14.8. The van der Waals surface area contributed by atoms with Gasteiger partial charge in [0.15, 0.2) is 5.67 Å². The molecule has 0 amide bonds. The molecule has 0 bridgehead atoms. The van der Waals surface area contributed by atoms with E-state index in [-0.39, 0.29) is 43.3 Å². The van der Waals surface area contributed by atoms with Gasteiger partial charge in [0.25, 0.3) is 0 Å². The molecule has 0 spiro atoms. The predicted octanol–water partition coefficient (Wildman–Crippen LogP) is -0.808. The van der Waals surface area contributed by atoms with Crippen molar-refractivity contribution in [3.05, 3.63) is 0 Å². The Hall–Kier alpha value is -0.400. The SMILES string of the molecule is CC1NNC2CCCC(NS(=O)(=O)C3CNN(C4CC(C5(F)COC5)CCN4)C3)C12. The molecule has 0 radical (unpaired) electrons. The first kappa shape index (κ1) is 21.4. The van der Waals surface area contributed by atoms with Gasteiger partial charge >= 0.3 is 0 Å². The summed E-state index contributed by atoms with van der Waals surface area (Å²) >= 11 is 0. The van der Waals surface area contributed by atoms with Crippen LogP contribution in [0.2, 0.25) is 0 Å². The fraction of sp³-hybridized carbons (Fsp3) is 1.00. The average Bonchev–Trinajstić information content (AvgIpc) is 3.35. The molecule has 5 rings (SSSR count). The highest BCUT2D eigenvalue weighted by atomic mass is 32.2. The van der Waals surface area contributed by atoms with Crippen molar-refractivity contribution in [2.45, 2.75) is 74.2 Å². The highest BCUT2D eigenvalue weighted by Crippen LogP contribution is 2.38. The smallest absolute Gasteiger partial charge is 0.217 e. The number of piperidine rings is 1. The highest BCUT2D eigenvalue weighted by molar-refractivity contribution is 7.90. The molecule has 11 heteroatoms. The third-order valence-electron chi connectivity index (χ3n) is 7.88. The fourth-order valence-corrected chi connectivity index (χ4v) is 7.56. The van der Waals surface area contributed by atoms with E-state index >= 15 is 0 Å². The number of halogens is 1. The van der Waals surface area contributed by atoms with Gasteiger partial charge < -0.3 is 10.1 Å². The lowest BCUT2D eigenvalue weighted by Gasteiger charge is -2.45. The van der Waals surface area contributed by atoms with E-state index in [1.54, 1.807) is 0 Å². The second kappa shape index (κ2) is 8.18. The molecule has 9 nitrogen and oxygen atoms in total. The lowest BCUT2D eigenvalue weighted by Crippen LogP contribution is -2.60. The van der Waals surface area contributed by atoms with Gasteiger partial charge in [0, 0.05) is 43.1 Å². The summed E-state index contributed by atoms with van der Waals surface area (Å²) in [5.74, 6) is 0.223. The zero-order valence-electron chi connectivity index (χ0n) is 17.6. The Morgan fingerprint density at radius 3 is 2.80 bits per heavy atom. The van der Waals surface area contributed by atoms with E-state index in [1.807, 2.05) is 5.01 Å². The number of hydrogen-bond donors (Lipinski definition) is 5. The van der Waals surface area contributed by atoms with Gasteiger partial charge in [-0.05, 0) is 39.2 Å². The molecule has 5 fully saturated rings. The Bertz CT molecular complexity index is 736. The van der Waals surface area contributed by atoms with Gasteiger partial charge in [0.1, 0.15) is 5.25 Å². The molecule has 0 aromatic heterocycles. The van der Waals surface area contributed by atoms with Crippen LogP contribution in [0.15, 0.2) is 0 Å². The van der Waals surface area contributed by atoms with E-state index in [9.17, 15) is 12.8 Å². The number of nitrogens with one attached hydrogen (secondary N) is 5. The lowest BCUT2D eigenvalue weighted by atomic mass is 9.79. The van der Waals surface area contributed by atoms with Crippen LogP contribution in [0, 0.1) is 11.8 Å². The van der Waals surface area contributed by atoms with Gasteiger partial charge in [-0.3, -0.25) is 16.3 Å².